The van der Waals surface area contributed by atoms with Crippen molar-refractivity contribution in [1.29, 1.82) is 0 Å². The van der Waals surface area contributed by atoms with Crippen molar-refractivity contribution in [1.82, 2.24) is 4.98 Å². The van der Waals surface area contributed by atoms with Crippen LogP contribution in [-0.2, 0) is 0 Å². The number of ether oxygens (including phenoxy) is 1. The third kappa shape index (κ3) is 1.87. The summed E-state index contributed by atoms with van der Waals surface area (Å²) >= 11 is 0. The third-order valence-corrected chi connectivity index (χ3v) is 2.20. The molecule has 14 heavy (non-hydrogen) atoms. The summed E-state index contributed by atoms with van der Waals surface area (Å²) in [5.74, 6) is 0.658. The quantitative estimate of drug-likeness (QED) is 0.792. The molecule has 1 aliphatic rings. The predicted molar refractivity (Wildman–Crippen MR) is 55.7 cm³/mol. The Bertz CT molecular complexity index is 356. The van der Waals surface area contributed by atoms with Gasteiger partial charge in [-0.3, -0.25) is 0 Å². The van der Waals surface area contributed by atoms with Crippen LogP contribution in [0, 0.1) is 0 Å². The first kappa shape index (κ1) is 9.06. The molecule has 1 saturated carbocycles. The van der Waals surface area contributed by atoms with Crippen LogP contribution in [0.15, 0.2) is 24.4 Å². The van der Waals surface area contributed by atoms with E-state index in [4.69, 9.17) is 10.5 Å². The lowest BCUT2D eigenvalue weighted by atomic mass is 10.2. The highest BCUT2D eigenvalue weighted by atomic mass is 16.5. The normalized spacial score (nSPS) is 16.8. The molecule has 0 aliphatic heterocycles. The molecule has 2 N–H and O–H groups in total. The molecule has 2 rings (SSSR count). The first-order chi connectivity index (χ1) is 6.81. The van der Waals surface area contributed by atoms with Gasteiger partial charge >= 0.3 is 0 Å². The Morgan fingerprint density at radius 3 is 3.07 bits per heavy atom. The molecule has 3 heteroatoms. The molecule has 0 aromatic carbocycles. The summed E-state index contributed by atoms with van der Waals surface area (Å²) in [6.07, 6.45) is 6.20. The van der Waals surface area contributed by atoms with Crippen LogP contribution in [0.5, 0.6) is 5.88 Å². The maximum atomic E-state index is 5.83. The second-order valence-electron chi connectivity index (χ2n) is 3.42. The highest BCUT2D eigenvalue weighted by Crippen LogP contribution is 2.29. The summed E-state index contributed by atoms with van der Waals surface area (Å²) in [7, 11) is 0. The number of allylic oxidation sites excluding steroid dienone is 1. The van der Waals surface area contributed by atoms with Crippen LogP contribution in [0.1, 0.15) is 25.3 Å². The van der Waals surface area contributed by atoms with E-state index in [2.05, 4.69) is 4.98 Å². The lowest BCUT2D eigenvalue weighted by molar-refractivity contribution is 0.290. The Hall–Kier alpha value is -1.51. The summed E-state index contributed by atoms with van der Waals surface area (Å²) in [6.45, 7) is 1.91. The van der Waals surface area contributed by atoms with Gasteiger partial charge in [-0.2, -0.15) is 0 Å². The average Bonchev–Trinajstić information content (AvgIpc) is 3.01. The summed E-state index contributed by atoms with van der Waals surface area (Å²) in [5, 5.41) is 0. The summed E-state index contributed by atoms with van der Waals surface area (Å²) in [5.41, 5.74) is 7.44. The molecule has 0 radical (unpaired) electrons. The molecule has 0 amide bonds. The zero-order valence-corrected chi connectivity index (χ0v) is 8.23. The van der Waals surface area contributed by atoms with Gasteiger partial charge in [-0.25, -0.2) is 4.98 Å². The van der Waals surface area contributed by atoms with Crippen molar-refractivity contribution >= 4 is 5.70 Å². The minimum absolute atomic E-state index is 0.355. The van der Waals surface area contributed by atoms with Gasteiger partial charge in [-0.1, -0.05) is 6.08 Å². The third-order valence-electron chi connectivity index (χ3n) is 2.20. The first-order valence-electron chi connectivity index (χ1n) is 4.85. The Kier molecular flexibility index (Phi) is 2.39. The van der Waals surface area contributed by atoms with Crippen LogP contribution in [-0.4, -0.2) is 11.1 Å². The Morgan fingerprint density at radius 1 is 1.64 bits per heavy atom. The van der Waals surface area contributed by atoms with E-state index in [0.29, 0.717) is 17.7 Å². The molecule has 1 aliphatic carbocycles. The lowest BCUT2D eigenvalue weighted by Gasteiger charge is -2.08. The van der Waals surface area contributed by atoms with Gasteiger partial charge in [0.25, 0.3) is 0 Å². The van der Waals surface area contributed by atoms with E-state index in [0.717, 1.165) is 18.4 Å². The van der Waals surface area contributed by atoms with Gasteiger partial charge in [0.1, 0.15) is 6.10 Å². The molecule has 3 nitrogen and oxygen atoms in total. The standard InChI is InChI=1S/C11H14N2O/c1-2-10(12)9-4-3-7-13-11(9)14-8-5-6-8/h2-4,7-8H,5-6,12H2,1H3/b10-2-. The van der Waals surface area contributed by atoms with Crippen LogP contribution >= 0.6 is 0 Å². The van der Waals surface area contributed by atoms with Crippen LogP contribution in [0.2, 0.25) is 0 Å². The highest BCUT2D eigenvalue weighted by Gasteiger charge is 2.25. The van der Waals surface area contributed by atoms with Gasteiger partial charge in [-0.05, 0) is 31.9 Å². The van der Waals surface area contributed by atoms with Crippen LogP contribution < -0.4 is 10.5 Å². The van der Waals surface area contributed by atoms with Gasteiger partial charge in [-0.15, -0.1) is 0 Å². The van der Waals surface area contributed by atoms with E-state index in [9.17, 15) is 0 Å². The van der Waals surface area contributed by atoms with Gasteiger partial charge < -0.3 is 10.5 Å². The Labute approximate surface area is 83.6 Å². The highest BCUT2D eigenvalue weighted by molar-refractivity contribution is 5.66. The van der Waals surface area contributed by atoms with Crippen molar-refractivity contribution in [2.24, 2.45) is 5.73 Å². The van der Waals surface area contributed by atoms with Crippen molar-refractivity contribution in [2.45, 2.75) is 25.9 Å². The number of hydrogen-bond acceptors (Lipinski definition) is 3. The number of pyridine rings is 1. The van der Waals surface area contributed by atoms with Crippen molar-refractivity contribution in [3.8, 4) is 5.88 Å². The summed E-state index contributed by atoms with van der Waals surface area (Å²) in [4.78, 5) is 4.18. The number of rotatable bonds is 3. The second kappa shape index (κ2) is 3.70. The molecule has 0 saturated heterocycles. The number of nitrogens with two attached hydrogens (primary N) is 1. The molecule has 1 fully saturated rings. The molecule has 0 spiro atoms. The predicted octanol–water partition coefficient (Wildman–Crippen LogP) is 1.94. The molecular formula is C11H14N2O. The monoisotopic (exact) mass is 190 g/mol. The van der Waals surface area contributed by atoms with Crippen LogP contribution in [0.4, 0.5) is 0 Å². The number of nitrogens with zero attached hydrogens (tertiary/aromatic N) is 1. The maximum Gasteiger partial charge on any atom is 0.223 e. The van der Waals surface area contributed by atoms with Gasteiger partial charge in [0.05, 0.1) is 5.56 Å². The molecule has 74 valence electrons. The topological polar surface area (TPSA) is 48.1 Å². The van der Waals surface area contributed by atoms with Gasteiger partial charge in [0.2, 0.25) is 5.88 Å². The van der Waals surface area contributed by atoms with Crippen LogP contribution in [0.25, 0.3) is 5.70 Å². The lowest BCUT2D eigenvalue weighted by Crippen LogP contribution is -2.04. The van der Waals surface area contributed by atoms with Crippen molar-refractivity contribution in [3.05, 3.63) is 30.0 Å². The van der Waals surface area contributed by atoms with Crippen molar-refractivity contribution < 1.29 is 4.74 Å². The summed E-state index contributed by atoms with van der Waals surface area (Å²) in [6, 6.07) is 3.80. The molecule has 1 aromatic heterocycles. The number of aromatic nitrogens is 1. The van der Waals surface area contributed by atoms with E-state index >= 15 is 0 Å². The zero-order valence-electron chi connectivity index (χ0n) is 8.23. The molecule has 0 atom stereocenters. The van der Waals surface area contributed by atoms with Crippen molar-refractivity contribution in [2.75, 3.05) is 0 Å². The Morgan fingerprint density at radius 2 is 2.43 bits per heavy atom. The Balaban J connectivity index is 2.27. The first-order valence-corrected chi connectivity index (χ1v) is 4.85. The maximum absolute atomic E-state index is 5.83. The van der Waals surface area contributed by atoms with E-state index in [1.165, 1.54) is 0 Å². The van der Waals surface area contributed by atoms with E-state index in [1.54, 1.807) is 6.20 Å². The number of hydrogen-bond donors (Lipinski definition) is 1. The molecule has 0 bridgehead atoms. The minimum Gasteiger partial charge on any atom is -0.474 e. The second-order valence-corrected chi connectivity index (χ2v) is 3.42. The van der Waals surface area contributed by atoms with Gasteiger partial charge in [0, 0.05) is 11.9 Å². The fraction of sp³-hybridized carbons (Fsp3) is 0.364. The fourth-order valence-electron chi connectivity index (χ4n) is 1.20. The van der Waals surface area contributed by atoms with Crippen LogP contribution in [0.3, 0.4) is 0 Å². The van der Waals surface area contributed by atoms with E-state index in [1.807, 2.05) is 25.1 Å². The molecule has 0 unspecified atom stereocenters. The minimum atomic E-state index is 0.355. The molecule has 1 aromatic rings. The summed E-state index contributed by atoms with van der Waals surface area (Å²) < 4.78 is 5.65. The largest absolute Gasteiger partial charge is 0.474 e. The SMILES string of the molecule is C/C=C(\N)c1cccnc1OC1CC1. The smallest absolute Gasteiger partial charge is 0.223 e. The van der Waals surface area contributed by atoms with Crippen molar-refractivity contribution in [3.63, 3.8) is 0 Å². The molecular weight excluding hydrogens is 176 g/mol. The van der Waals surface area contributed by atoms with E-state index in [-0.39, 0.29) is 0 Å². The average molecular weight is 190 g/mol. The van der Waals surface area contributed by atoms with Gasteiger partial charge in [0.15, 0.2) is 0 Å². The zero-order chi connectivity index (χ0) is 9.97. The fourth-order valence-corrected chi connectivity index (χ4v) is 1.20. The van der Waals surface area contributed by atoms with E-state index < -0.39 is 0 Å². The molecule has 1 heterocycles.